The van der Waals surface area contributed by atoms with Gasteiger partial charge in [0.05, 0.1) is 23.6 Å². The van der Waals surface area contributed by atoms with Crippen LogP contribution in [-0.4, -0.2) is 23.5 Å². The van der Waals surface area contributed by atoms with Crippen molar-refractivity contribution in [3.63, 3.8) is 0 Å². The van der Waals surface area contributed by atoms with Crippen molar-refractivity contribution in [2.45, 2.75) is 13.3 Å². The van der Waals surface area contributed by atoms with E-state index in [1.165, 1.54) is 6.20 Å². The van der Waals surface area contributed by atoms with Crippen LogP contribution in [-0.2, 0) is 16.0 Å². The molecule has 0 bridgehead atoms. The molecule has 4 rings (SSSR count). The molecule has 0 aliphatic heterocycles. The van der Waals surface area contributed by atoms with Crippen LogP contribution in [0.15, 0.2) is 91.3 Å². The highest BCUT2D eigenvalue weighted by molar-refractivity contribution is 6.32. The van der Waals surface area contributed by atoms with E-state index in [1.54, 1.807) is 55.6 Å². The molecule has 1 N–H and O–H groups in total. The molecule has 1 aromatic heterocycles. The fourth-order valence-electron chi connectivity index (χ4n) is 3.40. The maximum Gasteiger partial charge on any atom is 0.310 e. The largest absolute Gasteiger partial charge is 0.466 e. The lowest BCUT2D eigenvalue weighted by molar-refractivity contribution is -0.142. The third kappa shape index (κ3) is 6.46. The number of pyridine rings is 1. The van der Waals surface area contributed by atoms with E-state index in [2.05, 4.69) is 10.3 Å². The molecule has 35 heavy (non-hydrogen) atoms. The number of anilines is 1. The van der Waals surface area contributed by atoms with Crippen LogP contribution < -0.4 is 10.1 Å². The third-order valence-corrected chi connectivity index (χ3v) is 5.39. The number of aromatic nitrogens is 1. The van der Waals surface area contributed by atoms with Crippen LogP contribution in [0.2, 0.25) is 5.02 Å². The van der Waals surface area contributed by atoms with Gasteiger partial charge < -0.3 is 14.8 Å². The number of rotatable bonds is 8. The Morgan fingerprint density at radius 2 is 1.69 bits per heavy atom. The highest BCUT2D eigenvalue weighted by Gasteiger charge is 2.11. The molecule has 0 saturated carbocycles. The van der Waals surface area contributed by atoms with Crippen LogP contribution in [0, 0.1) is 0 Å². The topological polar surface area (TPSA) is 77.5 Å². The summed E-state index contributed by atoms with van der Waals surface area (Å²) in [7, 11) is 0. The summed E-state index contributed by atoms with van der Waals surface area (Å²) in [6.07, 6.45) is 3.41. The first-order valence-electron chi connectivity index (χ1n) is 11.1. The first kappa shape index (κ1) is 24.0. The normalized spacial score (nSPS) is 10.5. The van der Waals surface area contributed by atoms with E-state index in [-0.39, 0.29) is 18.3 Å². The number of hydrogen-bond acceptors (Lipinski definition) is 5. The van der Waals surface area contributed by atoms with E-state index in [4.69, 9.17) is 21.1 Å². The van der Waals surface area contributed by atoms with Crippen molar-refractivity contribution in [1.29, 1.82) is 0 Å². The second-order valence-electron chi connectivity index (χ2n) is 7.66. The molecule has 1 heterocycles. The van der Waals surface area contributed by atoms with Crippen LogP contribution in [0.3, 0.4) is 0 Å². The van der Waals surface area contributed by atoms with Crippen molar-refractivity contribution < 1.29 is 19.1 Å². The monoisotopic (exact) mass is 486 g/mol. The van der Waals surface area contributed by atoms with Crippen LogP contribution in [0.5, 0.6) is 11.5 Å². The zero-order valence-corrected chi connectivity index (χ0v) is 19.8. The van der Waals surface area contributed by atoms with Crippen molar-refractivity contribution in [1.82, 2.24) is 4.98 Å². The van der Waals surface area contributed by atoms with E-state index in [9.17, 15) is 9.59 Å². The molecule has 7 heteroatoms. The van der Waals surface area contributed by atoms with E-state index in [1.807, 2.05) is 36.4 Å². The Labute approximate surface area is 208 Å². The number of esters is 1. The Hall–Kier alpha value is -4.16. The lowest BCUT2D eigenvalue weighted by Gasteiger charge is -2.11. The van der Waals surface area contributed by atoms with Gasteiger partial charge in [-0.15, -0.1) is 0 Å². The highest BCUT2D eigenvalue weighted by Crippen LogP contribution is 2.31. The van der Waals surface area contributed by atoms with Crippen LogP contribution >= 0.6 is 11.6 Å². The van der Waals surface area contributed by atoms with Gasteiger partial charge in [-0.1, -0.05) is 48.0 Å². The van der Waals surface area contributed by atoms with Gasteiger partial charge in [-0.05, 0) is 60.5 Å². The first-order chi connectivity index (χ1) is 17.0. The van der Waals surface area contributed by atoms with Gasteiger partial charge in [0.25, 0.3) is 5.91 Å². The minimum atomic E-state index is -0.308. The molecule has 0 unspecified atom stereocenters. The lowest BCUT2D eigenvalue weighted by Crippen LogP contribution is -2.12. The standard InChI is InChI=1S/C28H23ClN2O4/c1-2-34-27(32)15-19-8-13-26(25(29)14-19)35-24-11-9-23(10-12-24)31-28(33)22-16-21(17-30-18-22)20-6-4-3-5-7-20/h3-14,16-18H,2,15H2,1H3,(H,31,33). The molecule has 0 aliphatic carbocycles. The average Bonchev–Trinajstić information content (AvgIpc) is 2.87. The summed E-state index contributed by atoms with van der Waals surface area (Å²) in [6, 6.07) is 23.7. The van der Waals surface area contributed by atoms with E-state index in [0.29, 0.717) is 34.4 Å². The van der Waals surface area contributed by atoms with Crippen molar-refractivity contribution in [3.05, 3.63) is 107 Å². The second-order valence-corrected chi connectivity index (χ2v) is 8.06. The lowest BCUT2D eigenvalue weighted by atomic mass is 10.1. The SMILES string of the molecule is CCOC(=O)Cc1ccc(Oc2ccc(NC(=O)c3cncc(-c4ccccc4)c3)cc2)c(Cl)c1. The highest BCUT2D eigenvalue weighted by atomic mass is 35.5. The molecule has 0 saturated heterocycles. The summed E-state index contributed by atoms with van der Waals surface area (Å²) in [5, 5.41) is 3.26. The van der Waals surface area contributed by atoms with E-state index < -0.39 is 0 Å². The fourth-order valence-corrected chi connectivity index (χ4v) is 3.65. The Morgan fingerprint density at radius 1 is 0.914 bits per heavy atom. The molecule has 0 radical (unpaired) electrons. The molecular weight excluding hydrogens is 464 g/mol. The fraction of sp³-hybridized carbons (Fsp3) is 0.107. The summed E-state index contributed by atoms with van der Waals surface area (Å²) in [6.45, 7) is 2.10. The molecule has 3 aromatic carbocycles. The zero-order valence-electron chi connectivity index (χ0n) is 19.0. The molecule has 1 amide bonds. The smallest absolute Gasteiger partial charge is 0.310 e. The maximum absolute atomic E-state index is 12.7. The van der Waals surface area contributed by atoms with Gasteiger partial charge in [0, 0.05) is 23.6 Å². The molecule has 0 atom stereocenters. The Bertz CT molecular complexity index is 1320. The minimum absolute atomic E-state index is 0.145. The van der Waals surface area contributed by atoms with Crippen LogP contribution in [0.1, 0.15) is 22.8 Å². The Kier molecular flexibility index (Phi) is 7.75. The number of halogens is 1. The number of carbonyl (C=O) groups excluding carboxylic acids is 2. The van der Waals surface area contributed by atoms with Gasteiger partial charge in [-0.3, -0.25) is 14.6 Å². The Morgan fingerprint density at radius 3 is 2.40 bits per heavy atom. The van der Waals surface area contributed by atoms with Gasteiger partial charge in [-0.25, -0.2) is 0 Å². The minimum Gasteiger partial charge on any atom is -0.466 e. The molecule has 0 aliphatic rings. The van der Waals surface area contributed by atoms with E-state index >= 15 is 0 Å². The Balaban J connectivity index is 1.39. The maximum atomic E-state index is 12.7. The van der Waals surface area contributed by atoms with Crippen molar-refractivity contribution >= 4 is 29.2 Å². The molecule has 6 nitrogen and oxygen atoms in total. The number of ether oxygens (including phenoxy) is 2. The quantitative estimate of drug-likeness (QED) is 0.286. The number of benzene rings is 3. The molecular formula is C28H23ClN2O4. The number of nitrogens with one attached hydrogen (secondary N) is 1. The van der Waals surface area contributed by atoms with Crippen molar-refractivity contribution in [2.75, 3.05) is 11.9 Å². The summed E-state index contributed by atoms with van der Waals surface area (Å²) < 4.78 is 10.8. The molecule has 4 aromatic rings. The van der Waals surface area contributed by atoms with Gasteiger partial charge in [0.15, 0.2) is 0 Å². The van der Waals surface area contributed by atoms with Crippen molar-refractivity contribution in [2.24, 2.45) is 0 Å². The number of carbonyl (C=O) groups is 2. The van der Waals surface area contributed by atoms with Gasteiger partial charge >= 0.3 is 5.97 Å². The number of amides is 1. The van der Waals surface area contributed by atoms with E-state index in [0.717, 1.165) is 16.7 Å². The summed E-state index contributed by atoms with van der Waals surface area (Å²) >= 11 is 6.32. The number of hydrogen-bond donors (Lipinski definition) is 1. The second kappa shape index (κ2) is 11.3. The van der Waals surface area contributed by atoms with Gasteiger partial charge in [0.2, 0.25) is 0 Å². The van der Waals surface area contributed by atoms with Crippen LogP contribution in [0.4, 0.5) is 5.69 Å². The molecule has 176 valence electrons. The number of nitrogens with zero attached hydrogens (tertiary/aromatic N) is 1. The van der Waals surface area contributed by atoms with Crippen LogP contribution in [0.25, 0.3) is 11.1 Å². The van der Waals surface area contributed by atoms with Crippen molar-refractivity contribution in [3.8, 4) is 22.6 Å². The zero-order chi connectivity index (χ0) is 24.6. The molecule has 0 fully saturated rings. The first-order valence-corrected chi connectivity index (χ1v) is 11.4. The summed E-state index contributed by atoms with van der Waals surface area (Å²) in [5.74, 6) is 0.442. The summed E-state index contributed by atoms with van der Waals surface area (Å²) in [4.78, 5) is 28.6. The van der Waals surface area contributed by atoms with Gasteiger partial charge in [0.1, 0.15) is 11.5 Å². The predicted molar refractivity (Wildman–Crippen MR) is 136 cm³/mol. The summed E-state index contributed by atoms with van der Waals surface area (Å²) in [5.41, 5.74) is 3.67. The third-order valence-electron chi connectivity index (χ3n) is 5.10. The molecule has 0 spiro atoms. The van der Waals surface area contributed by atoms with Gasteiger partial charge in [-0.2, -0.15) is 0 Å². The predicted octanol–water partition coefficient (Wildman–Crippen LogP) is 6.55. The average molecular weight is 487 g/mol.